The van der Waals surface area contributed by atoms with E-state index in [0.29, 0.717) is 12.6 Å². The quantitative estimate of drug-likeness (QED) is 0.653. The minimum absolute atomic E-state index is 0.0845. The van der Waals surface area contributed by atoms with Crippen molar-refractivity contribution in [3.05, 3.63) is 24.4 Å². The SMILES string of the molecule is C=CCNC(=S)Nc1nc(OC)cc(C(F)(F)F)n1. The van der Waals surface area contributed by atoms with Gasteiger partial charge in [0.15, 0.2) is 10.8 Å². The fourth-order valence-corrected chi connectivity index (χ4v) is 1.22. The Labute approximate surface area is 112 Å². The van der Waals surface area contributed by atoms with E-state index in [1.807, 2.05) is 0 Å². The van der Waals surface area contributed by atoms with Gasteiger partial charge in [0, 0.05) is 12.6 Å². The molecule has 0 spiro atoms. The number of hydrogen-bond acceptors (Lipinski definition) is 4. The van der Waals surface area contributed by atoms with Crippen LogP contribution in [-0.2, 0) is 6.18 Å². The van der Waals surface area contributed by atoms with Crippen molar-refractivity contribution in [2.75, 3.05) is 19.0 Å². The molecule has 0 amide bonds. The van der Waals surface area contributed by atoms with Crippen LogP contribution < -0.4 is 15.4 Å². The third-order valence-corrected chi connectivity index (χ3v) is 2.08. The lowest BCUT2D eigenvalue weighted by Gasteiger charge is -2.11. The number of halogens is 3. The van der Waals surface area contributed by atoms with Crippen LogP contribution in [0.5, 0.6) is 5.88 Å². The molecule has 0 fully saturated rings. The molecule has 19 heavy (non-hydrogen) atoms. The zero-order valence-corrected chi connectivity index (χ0v) is 10.7. The molecule has 0 aromatic carbocycles. The van der Waals surface area contributed by atoms with E-state index in [-0.39, 0.29) is 16.9 Å². The van der Waals surface area contributed by atoms with Crippen molar-refractivity contribution in [1.82, 2.24) is 15.3 Å². The Bertz CT molecular complexity index is 478. The van der Waals surface area contributed by atoms with Crippen LogP contribution in [-0.4, -0.2) is 28.7 Å². The van der Waals surface area contributed by atoms with Gasteiger partial charge in [-0.1, -0.05) is 6.08 Å². The Morgan fingerprint density at radius 3 is 2.74 bits per heavy atom. The highest BCUT2D eigenvalue weighted by atomic mass is 32.1. The van der Waals surface area contributed by atoms with Crippen molar-refractivity contribution in [2.24, 2.45) is 0 Å². The lowest BCUT2D eigenvalue weighted by Crippen LogP contribution is -2.29. The van der Waals surface area contributed by atoms with Gasteiger partial charge in [0.2, 0.25) is 11.8 Å². The maximum Gasteiger partial charge on any atom is 0.433 e. The lowest BCUT2D eigenvalue weighted by atomic mass is 10.4. The molecule has 0 saturated heterocycles. The highest BCUT2D eigenvalue weighted by molar-refractivity contribution is 7.80. The minimum atomic E-state index is -4.59. The molecule has 0 aliphatic heterocycles. The van der Waals surface area contributed by atoms with Crippen molar-refractivity contribution >= 4 is 23.3 Å². The molecule has 0 aliphatic rings. The van der Waals surface area contributed by atoms with Crippen LogP contribution in [0.2, 0.25) is 0 Å². The summed E-state index contributed by atoms with van der Waals surface area (Å²) in [7, 11) is 1.21. The molecule has 2 N–H and O–H groups in total. The van der Waals surface area contributed by atoms with Crippen LogP contribution in [0.1, 0.15) is 5.69 Å². The third-order valence-electron chi connectivity index (χ3n) is 1.83. The molecule has 1 aromatic rings. The van der Waals surface area contributed by atoms with E-state index in [1.165, 1.54) is 7.11 Å². The van der Waals surface area contributed by atoms with Gasteiger partial charge < -0.3 is 15.4 Å². The Kier molecular flexibility index (Phi) is 5.04. The molecule has 0 bridgehead atoms. The fourth-order valence-electron chi connectivity index (χ4n) is 1.04. The molecular formula is C10H11F3N4OS. The van der Waals surface area contributed by atoms with Crippen LogP contribution in [0, 0.1) is 0 Å². The van der Waals surface area contributed by atoms with Gasteiger partial charge in [0.05, 0.1) is 7.11 Å². The Balaban J connectivity index is 2.94. The summed E-state index contributed by atoms with van der Waals surface area (Å²) >= 11 is 4.85. The number of nitrogens with zero attached hydrogens (tertiary/aromatic N) is 2. The predicted octanol–water partition coefficient (Wildman–Crippen LogP) is 1.98. The number of rotatable bonds is 4. The summed E-state index contributed by atoms with van der Waals surface area (Å²) in [5.74, 6) is -0.510. The van der Waals surface area contributed by atoms with Gasteiger partial charge in [-0.3, -0.25) is 0 Å². The number of nitrogens with one attached hydrogen (secondary N) is 2. The first-order chi connectivity index (χ1) is 8.86. The molecule has 0 unspecified atom stereocenters. The second-order valence-electron chi connectivity index (χ2n) is 3.24. The number of aromatic nitrogens is 2. The van der Waals surface area contributed by atoms with E-state index < -0.39 is 11.9 Å². The number of ether oxygens (including phenoxy) is 1. The summed E-state index contributed by atoms with van der Waals surface area (Å²) in [4.78, 5) is 7.04. The van der Waals surface area contributed by atoms with E-state index >= 15 is 0 Å². The average Bonchev–Trinajstić information content (AvgIpc) is 2.34. The molecule has 0 saturated carbocycles. The van der Waals surface area contributed by atoms with Crippen molar-refractivity contribution < 1.29 is 17.9 Å². The second-order valence-corrected chi connectivity index (χ2v) is 3.65. The molecule has 1 aromatic heterocycles. The van der Waals surface area contributed by atoms with Gasteiger partial charge in [-0.25, -0.2) is 4.98 Å². The highest BCUT2D eigenvalue weighted by Crippen LogP contribution is 2.30. The number of anilines is 1. The van der Waals surface area contributed by atoms with Gasteiger partial charge in [0.1, 0.15) is 0 Å². The van der Waals surface area contributed by atoms with E-state index in [9.17, 15) is 13.2 Å². The van der Waals surface area contributed by atoms with E-state index in [1.54, 1.807) is 6.08 Å². The van der Waals surface area contributed by atoms with Crippen molar-refractivity contribution in [2.45, 2.75) is 6.18 Å². The Morgan fingerprint density at radius 2 is 2.21 bits per heavy atom. The van der Waals surface area contributed by atoms with Crippen molar-refractivity contribution in [3.63, 3.8) is 0 Å². The molecule has 1 rings (SSSR count). The van der Waals surface area contributed by atoms with Gasteiger partial charge >= 0.3 is 6.18 Å². The molecule has 9 heteroatoms. The van der Waals surface area contributed by atoms with E-state index in [4.69, 9.17) is 12.2 Å². The maximum absolute atomic E-state index is 12.6. The van der Waals surface area contributed by atoms with Crippen LogP contribution in [0.15, 0.2) is 18.7 Å². The molecule has 0 radical (unpaired) electrons. The zero-order chi connectivity index (χ0) is 14.5. The highest BCUT2D eigenvalue weighted by Gasteiger charge is 2.34. The van der Waals surface area contributed by atoms with Crippen LogP contribution in [0.25, 0.3) is 0 Å². The molecule has 0 atom stereocenters. The molecule has 5 nitrogen and oxygen atoms in total. The van der Waals surface area contributed by atoms with E-state index in [2.05, 4.69) is 31.9 Å². The summed E-state index contributed by atoms with van der Waals surface area (Å²) in [5.41, 5.74) is -1.12. The third kappa shape index (κ3) is 4.70. The maximum atomic E-state index is 12.6. The Hall–Kier alpha value is -1.90. The van der Waals surface area contributed by atoms with Gasteiger partial charge in [0.25, 0.3) is 0 Å². The average molecular weight is 292 g/mol. The lowest BCUT2D eigenvalue weighted by molar-refractivity contribution is -0.141. The van der Waals surface area contributed by atoms with Crippen LogP contribution >= 0.6 is 12.2 Å². The summed E-state index contributed by atoms with van der Waals surface area (Å²) in [6, 6.07) is 0.700. The van der Waals surface area contributed by atoms with Gasteiger partial charge in [-0.15, -0.1) is 6.58 Å². The summed E-state index contributed by atoms with van der Waals surface area (Å²) < 4.78 is 42.4. The summed E-state index contributed by atoms with van der Waals surface area (Å²) in [5, 5.41) is 5.20. The normalized spacial score (nSPS) is 10.7. The summed E-state index contributed by atoms with van der Waals surface area (Å²) in [6.07, 6.45) is -3.05. The number of alkyl halides is 3. The standard InChI is InChI=1S/C10H11F3N4OS/c1-3-4-14-9(19)17-8-15-6(10(11,12)13)5-7(16-8)18-2/h3,5H,1,4H2,2H3,(H2,14,15,16,17,19). The largest absolute Gasteiger partial charge is 0.481 e. The zero-order valence-electron chi connectivity index (χ0n) is 9.91. The first kappa shape index (κ1) is 15.2. The number of methoxy groups -OCH3 is 1. The van der Waals surface area contributed by atoms with Crippen LogP contribution in [0.4, 0.5) is 19.1 Å². The minimum Gasteiger partial charge on any atom is -0.481 e. The van der Waals surface area contributed by atoms with Crippen molar-refractivity contribution in [3.8, 4) is 5.88 Å². The second kappa shape index (κ2) is 6.32. The molecule has 1 heterocycles. The molecular weight excluding hydrogens is 281 g/mol. The molecule has 104 valence electrons. The monoisotopic (exact) mass is 292 g/mol. The molecule has 0 aliphatic carbocycles. The Morgan fingerprint density at radius 1 is 1.53 bits per heavy atom. The van der Waals surface area contributed by atoms with Gasteiger partial charge in [-0.05, 0) is 12.2 Å². The first-order valence-electron chi connectivity index (χ1n) is 5.03. The topological polar surface area (TPSA) is 59.1 Å². The van der Waals surface area contributed by atoms with Crippen molar-refractivity contribution in [1.29, 1.82) is 0 Å². The van der Waals surface area contributed by atoms with Gasteiger partial charge in [-0.2, -0.15) is 18.2 Å². The predicted molar refractivity (Wildman–Crippen MR) is 68.0 cm³/mol. The number of hydrogen-bond donors (Lipinski definition) is 2. The first-order valence-corrected chi connectivity index (χ1v) is 5.43. The smallest absolute Gasteiger partial charge is 0.433 e. The summed E-state index contributed by atoms with van der Waals surface area (Å²) in [6.45, 7) is 3.83. The fraction of sp³-hybridized carbons (Fsp3) is 0.300. The van der Waals surface area contributed by atoms with Crippen LogP contribution in [0.3, 0.4) is 0 Å². The number of thiocarbonyl (C=S) groups is 1. The van der Waals surface area contributed by atoms with E-state index in [0.717, 1.165) is 0 Å².